The molecule has 26 heavy (non-hydrogen) atoms. The van der Waals surface area contributed by atoms with E-state index in [1.54, 1.807) is 0 Å². The molecule has 2 amide bonds. The van der Waals surface area contributed by atoms with Crippen molar-refractivity contribution in [3.8, 4) is 0 Å². The summed E-state index contributed by atoms with van der Waals surface area (Å²) in [6.45, 7) is 8.81. The van der Waals surface area contributed by atoms with E-state index in [0.717, 1.165) is 31.5 Å². The van der Waals surface area contributed by atoms with E-state index in [-0.39, 0.29) is 35.6 Å². The Bertz CT molecular complexity index is 572. The predicted octanol–water partition coefficient (Wildman–Crippen LogP) is 2.82. The molecule has 1 heterocycles. The summed E-state index contributed by atoms with van der Waals surface area (Å²) >= 11 is 0. The normalized spacial score (nSPS) is 17.1. The second-order valence-electron chi connectivity index (χ2n) is 7.79. The van der Waals surface area contributed by atoms with Gasteiger partial charge in [0.05, 0.1) is 0 Å². The highest BCUT2D eigenvalue weighted by Gasteiger charge is 2.29. The summed E-state index contributed by atoms with van der Waals surface area (Å²) in [6, 6.07) is 8.80. The Kier molecular flexibility index (Phi) is 9.09. The molecular weight excluding hydrogens is 350 g/mol. The number of piperidine rings is 1. The molecule has 1 unspecified atom stereocenters. The van der Waals surface area contributed by atoms with Gasteiger partial charge in [0, 0.05) is 13.0 Å². The molecule has 0 spiro atoms. The minimum Gasteiger partial charge on any atom is -0.353 e. The lowest BCUT2D eigenvalue weighted by molar-refractivity contribution is -0.129. The maximum absolute atomic E-state index is 12.8. The van der Waals surface area contributed by atoms with Crippen molar-refractivity contribution in [2.24, 2.45) is 11.3 Å². The largest absolute Gasteiger partial charge is 0.353 e. The first-order chi connectivity index (χ1) is 11.9. The van der Waals surface area contributed by atoms with Crippen LogP contribution >= 0.6 is 12.4 Å². The van der Waals surface area contributed by atoms with Crippen molar-refractivity contribution in [3.05, 3.63) is 35.9 Å². The Balaban J connectivity index is 0.00000338. The Labute approximate surface area is 163 Å². The molecule has 0 saturated carbocycles. The predicted molar refractivity (Wildman–Crippen MR) is 107 cm³/mol. The van der Waals surface area contributed by atoms with Crippen LogP contribution in [0.5, 0.6) is 0 Å². The van der Waals surface area contributed by atoms with E-state index in [9.17, 15) is 9.59 Å². The number of nitrogens with one attached hydrogen (secondary N) is 3. The molecule has 2 rings (SSSR count). The van der Waals surface area contributed by atoms with Crippen LogP contribution in [-0.4, -0.2) is 31.4 Å². The van der Waals surface area contributed by atoms with Crippen molar-refractivity contribution >= 4 is 24.2 Å². The van der Waals surface area contributed by atoms with Crippen molar-refractivity contribution in [2.75, 3.05) is 19.6 Å². The molecule has 0 aromatic heterocycles. The van der Waals surface area contributed by atoms with Crippen LogP contribution in [0, 0.1) is 11.3 Å². The summed E-state index contributed by atoms with van der Waals surface area (Å²) < 4.78 is 0. The molecule has 5 nitrogen and oxygen atoms in total. The number of rotatable bonds is 7. The van der Waals surface area contributed by atoms with E-state index in [2.05, 4.69) is 22.9 Å². The molecular formula is C20H32ClN3O2. The van der Waals surface area contributed by atoms with Gasteiger partial charge in [-0.05, 0) is 42.8 Å². The van der Waals surface area contributed by atoms with E-state index < -0.39 is 6.04 Å². The van der Waals surface area contributed by atoms with Crippen LogP contribution in [0.3, 0.4) is 0 Å². The first-order valence-electron chi connectivity index (χ1n) is 9.22. The molecule has 3 N–H and O–H groups in total. The molecule has 1 fully saturated rings. The third-order valence-corrected chi connectivity index (χ3v) is 4.79. The molecule has 146 valence electrons. The molecule has 1 aromatic rings. The minimum atomic E-state index is -0.641. The first-order valence-corrected chi connectivity index (χ1v) is 9.22. The van der Waals surface area contributed by atoms with Gasteiger partial charge < -0.3 is 16.0 Å². The molecule has 1 saturated heterocycles. The number of amides is 2. The Morgan fingerprint density at radius 2 is 1.77 bits per heavy atom. The fraction of sp³-hybridized carbons (Fsp3) is 0.600. The third-order valence-electron chi connectivity index (χ3n) is 4.79. The molecule has 0 bridgehead atoms. The molecule has 1 aliphatic rings. The van der Waals surface area contributed by atoms with Gasteiger partial charge in [0.25, 0.3) is 0 Å². The quantitative estimate of drug-likeness (QED) is 0.680. The van der Waals surface area contributed by atoms with Gasteiger partial charge in [0.15, 0.2) is 0 Å². The van der Waals surface area contributed by atoms with Gasteiger partial charge in [-0.2, -0.15) is 0 Å². The smallest absolute Gasteiger partial charge is 0.247 e. The monoisotopic (exact) mass is 381 g/mol. The van der Waals surface area contributed by atoms with E-state index in [0.29, 0.717) is 13.0 Å². The van der Waals surface area contributed by atoms with Gasteiger partial charge in [0.2, 0.25) is 11.8 Å². The number of carbonyl (C=O) groups excluding carboxylic acids is 2. The van der Waals surface area contributed by atoms with Gasteiger partial charge in [-0.15, -0.1) is 12.4 Å². The summed E-state index contributed by atoms with van der Waals surface area (Å²) in [4.78, 5) is 25.0. The number of benzene rings is 1. The Hall–Kier alpha value is -1.59. The Morgan fingerprint density at radius 1 is 1.15 bits per heavy atom. The maximum Gasteiger partial charge on any atom is 0.247 e. The van der Waals surface area contributed by atoms with Crippen molar-refractivity contribution < 1.29 is 9.59 Å². The molecule has 0 aliphatic carbocycles. The molecule has 6 heteroatoms. The number of hydrogen-bond donors (Lipinski definition) is 3. The van der Waals surface area contributed by atoms with Crippen LogP contribution in [0.25, 0.3) is 0 Å². The van der Waals surface area contributed by atoms with Gasteiger partial charge in [-0.25, -0.2) is 0 Å². The van der Waals surface area contributed by atoms with E-state index in [1.165, 1.54) is 0 Å². The standard InChI is InChI=1S/C20H31N3O2.ClH/c1-15(2)13-17(24)23-18(16-7-5-4-6-8-16)19(25)22-14-20(3)9-11-21-12-10-20;/h4-8,15,18,21H,9-14H2,1-3H3,(H,22,25)(H,23,24);1H. The minimum absolute atomic E-state index is 0. The van der Waals surface area contributed by atoms with E-state index in [4.69, 9.17) is 0 Å². The molecule has 1 atom stereocenters. The fourth-order valence-electron chi connectivity index (χ4n) is 3.15. The van der Waals surface area contributed by atoms with Crippen LogP contribution in [0.2, 0.25) is 0 Å². The lowest BCUT2D eigenvalue weighted by atomic mass is 9.81. The Morgan fingerprint density at radius 3 is 2.35 bits per heavy atom. The summed E-state index contributed by atoms with van der Waals surface area (Å²) in [5.74, 6) is 0.0308. The molecule has 1 aliphatic heterocycles. The van der Waals surface area contributed by atoms with Crippen molar-refractivity contribution in [2.45, 2.75) is 46.1 Å². The summed E-state index contributed by atoms with van der Waals surface area (Å²) in [5.41, 5.74) is 0.928. The van der Waals surface area contributed by atoms with Crippen LogP contribution < -0.4 is 16.0 Å². The van der Waals surface area contributed by atoms with Gasteiger partial charge >= 0.3 is 0 Å². The summed E-state index contributed by atoms with van der Waals surface area (Å²) in [6.07, 6.45) is 2.51. The van der Waals surface area contributed by atoms with Crippen molar-refractivity contribution in [1.82, 2.24) is 16.0 Å². The van der Waals surface area contributed by atoms with Crippen LogP contribution in [0.1, 0.15) is 51.6 Å². The van der Waals surface area contributed by atoms with Gasteiger partial charge in [-0.3, -0.25) is 9.59 Å². The summed E-state index contributed by atoms with van der Waals surface area (Å²) in [5, 5.41) is 9.32. The second kappa shape index (κ2) is 10.5. The van der Waals surface area contributed by atoms with E-state index >= 15 is 0 Å². The van der Waals surface area contributed by atoms with Gasteiger partial charge in [-0.1, -0.05) is 51.1 Å². The lowest BCUT2D eigenvalue weighted by Gasteiger charge is -2.34. The zero-order valence-corrected chi connectivity index (χ0v) is 16.8. The summed E-state index contributed by atoms with van der Waals surface area (Å²) in [7, 11) is 0. The molecule has 1 aromatic carbocycles. The second-order valence-corrected chi connectivity index (χ2v) is 7.79. The van der Waals surface area contributed by atoms with Crippen LogP contribution in [0.4, 0.5) is 0 Å². The zero-order valence-electron chi connectivity index (χ0n) is 16.0. The van der Waals surface area contributed by atoms with Crippen LogP contribution in [-0.2, 0) is 9.59 Å². The van der Waals surface area contributed by atoms with E-state index in [1.807, 2.05) is 44.2 Å². The van der Waals surface area contributed by atoms with Crippen molar-refractivity contribution in [1.29, 1.82) is 0 Å². The van der Waals surface area contributed by atoms with Crippen molar-refractivity contribution in [3.63, 3.8) is 0 Å². The highest BCUT2D eigenvalue weighted by atomic mass is 35.5. The maximum atomic E-state index is 12.8. The molecule has 0 radical (unpaired) electrons. The number of halogens is 1. The SMILES string of the molecule is CC(C)CC(=O)NC(C(=O)NCC1(C)CCNCC1)c1ccccc1.Cl. The highest BCUT2D eigenvalue weighted by molar-refractivity contribution is 5.88. The topological polar surface area (TPSA) is 70.2 Å². The number of hydrogen-bond acceptors (Lipinski definition) is 3. The average Bonchev–Trinajstić information content (AvgIpc) is 2.58. The number of carbonyl (C=O) groups is 2. The lowest BCUT2D eigenvalue weighted by Crippen LogP contribution is -2.46. The van der Waals surface area contributed by atoms with Gasteiger partial charge in [0.1, 0.15) is 6.04 Å². The zero-order chi connectivity index (χ0) is 18.3. The first kappa shape index (κ1) is 22.5. The van der Waals surface area contributed by atoms with Crippen LogP contribution in [0.15, 0.2) is 30.3 Å². The highest BCUT2D eigenvalue weighted by Crippen LogP contribution is 2.27. The average molecular weight is 382 g/mol. The fourth-order valence-corrected chi connectivity index (χ4v) is 3.15. The third kappa shape index (κ3) is 6.96.